The van der Waals surface area contributed by atoms with Crippen LogP contribution in [-0.2, 0) is 9.53 Å². The van der Waals surface area contributed by atoms with Gasteiger partial charge in [-0.05, 0) is 42.5 Å². The van der Waals surface area contributed by atoms with Crippen molar-refractivity contribution in [2.75, 3.05) is 13.2 Å². The predicted molar refractivity (Wildman–Crippen MR) is 67.9 cm³/mol. The van der Waals surface area contributed by atoms with Crippen molar-refractivity contribution >= 4 is 17.2 Å². The number of carbonyl (C=O) groups is 1. The quantitative estimate of drug-likeness (QED) is 0.880. The second kappa shape index (κ2) is 4.66. The van der Waals surface area contributed by atoms with Gasteiger partial charge in [0.1, 0.15) is 11.5 Å². The summed E-state index contributed by atoms with van der Waals surface area (Å²) in [5.74, 6) is -0.731. The summed E-state index contributed by atoms with van der Waals surface area (Å²) in [5, 5.41) is 4.25. The molecule has 4 nitrogen and oxygen atoms in total. The van der Waals surface area contributed by atoms with Crippen LogP contribution in [-0.4, -0.2) is 19.1 Å². The minimum atomic E-state index is -0.557. The molecule has 19 heavy (non-hydrogen) atoms. The molecular weight excluding hydrogens is 247 g/mol. The van der Waals surface area contributed by atoms with Crippen molar-refractivity contribution in [2.24, 2.45) is 11.7 Å². The lowest BCUT2D eigenvalue weighted by Crippen LogP contribution is -2.22. The van der Waals surface area contributed by atoms with Crippen LogP contribution in [0.2, 0.25) is 0 Å². The molecule has 0 unspecified atom stereocenters. The van der Waals surface area contributed by atoms with Crippen LogP contribution in [0.15, 0.2) is 23.9 Å². The fourth-order valence-electron chi connectivity index (χ4n) is 2.72. The molecule has 2 aliphatic rings. The van der Waals surface area contributed by atoms with Gasteiger partial charge in [0.2, 0.25) is 0 Å². The van der Waals surface area contributed by atoms with E-state index in [1.807, 2.05) is 0 Å². The number of hydrogen-bond donors (Lipinski definition) is 1. The number of ether oxygens (including phenoxy) is 1. The average molecular weight is 261 g/mol. The summed E-state index contributed by atoms with van der Waals surface area (Å²) >= 11 is 0. The number of carbonyl (C=O) groups excluding carboxylic acids is 1. The van der Waals surface area contributed by atoms with Crippen molar-refractivity contribution in [1.82, 2.24) is 5.32 Å². The number of fused-ring (bicyclic) bond motifs is 1. The van der Waals surface area contributed by atoms with E-state index in [2.05, 4.69) is 5.32 Å². The van der Waals surface area contributed by atoms with E-state index in [-0.39, 0.29) is 17.4 Å². The highest BCUT2D eigenvalue weighted by atomic mass is 19.1. The monoisotopic (exact) mass is 261 g/mol. The van der Waals surface area contributed by atoms with E-state index in [1.54, 1.807) is 6.07 Å². The Hall–Kier alpha value is -1.88. The highest BCUT2D eigenvalue weighted by molar-refractivity contribution is 6.04. The number of allylic oxidation sites excluding steroid dienone is 1. The molecule has 3 rings (SSSR count). The molecule has 0 atom stereocenters. The van der Waals surface area contributed by atoms with Gasteiger partial charge in [0.15, 0.2) is 0 Å². The molecule has 5 heteroatoms. The molecular formula is C14H14FN2O2. The first-order valence-corrected chi connectivity index (χ1v) is 6.30. The highest BCUT2D eigenvalue weighted by Gasteiger charge is 2.32. The lowest BCUT2D eigenvalue weighted by molar-refractivity contribution is -0.114. The first kappa shape index (κ1) is 12.2. The summed E-state index contributed by atoms with van der Waals surface area (Å²) in [6.07, 6.45) is 1.61. The van der Waals surface area contributed by atoms with Gasteiger partial charge >= 0.3 is 0 Å². The number of nitrogens with zero attached hydrogens (tertiary/aromatic N) is 1. The number of nitrogens with two attached hydrogens (primary N) is 1. The van der Waals surface area contributed by atoms with Crippen molar-refractivity contribution in [3.8, 4) is 0 Å². The Morgan fingerprint density at radius 2 is 2.11 bits per heavy atom. The van der Waals surface area contributed by atoms with Gasteiger partial charge in [-0.15, -0.1) is 0 Å². The smallest absolute Gasteiger partial charge is 0.267 e. The van der Waals surface area contributed by atoms with E-state index in [1.165, 1.54) is 12.1 Å². The number of benzene rings is 1. The molecule has 1 radical (unpaired) electrons. The minimum Gasteiger partial charge on any atom is -0.381 e. The molecule has 0 bridgehead atoms. The highest BCUT2D eigenvalue weighted by Crippen LogP contribution is 2.42. The molecule has 0 aliphatic carbocycles. The van der Waals surface area contributed by atoms with E-state index < -0.39 is 5.91 Å². The van der Waals surface area contributed by atoms with E-state index in [0.29, 0.717) is 24.5 Å². The minimum absolute atomic E-state index is 0.156. The molecule has 0 saturated carbocycles. The molecule has 1 fully saturated rings. The fraction of sp³-hybridized carbons (Fsp3) is 0.357. The maximum atomic E-state index is 13.4. The van der Waals surface area contributed by atoms with Crippen molar-refractivity contribution in [1.29, 1.82) is 0 Å². The molecule has 2 heterocycles. The Balaban J connectivity index is 2.07. The fourth-order valence-corrected chi connectivity index (χ4v) is 2.72. The number of rotatable bonds is 2. The maximum absolute atomic E-state index is 13.4. The maximum Gasteiger partial charge on any atom is 0.267 e. The first-order chi connectivity index (χ1) is 9.16. The number of halogens is 1. The summed E-state index contributed by atoms with van der Waals surface area (Å²) in [6.45, 7) is 1.29. The lowest BCUT2D eigenvalue weighted by Gasteiger charge is -2.24. The van der Waals surface area contributed by atoms with Crippen molar-refractivity contribution in [3.05, 3.63) is 35.3 Å². The summed E-state index contributed by atoms with van der Waals surface area (Å²) < 4.78 is 18.7. The molecule has 2 N–H and O–H groups in total. The Morgan fingerprint density at radius 1 is 1.37 bits per heavy atom. The Morgan fingerprint density at radius 3 is 2.79 bits per heavy atom. The second-order valence-electron chi connectivity index (χ2n) is 4.79. The normalized spacial score (nSPS) is 19.2. The molecule has 1 aromatic rings. The summed E-state index contributed by atoms with van der Waals surface area (Å²) in [6, 6.07) is 4.35. The van der Waals surface area contributed by atoms with Crippen LogP contribution < -0.4 is 11.1 Å². The molecule has 2 aliphatic heterocycles. The van der Waals surface area contributed by atoms with Crippen LogP contribution in [0.5, 0.6) is 0 Å². The molecule has 1 amide bonds. The third-order valence-electron chi connectivity index (χ3n) is 3.60. The zero-order valence-electron chi connectivity index (χ0n) is 10.4. The van der Waals surface area contributed by atoms with Gasteiger partial charge in [-0.3, -0.25) is 4.79 Å². The molecule has 1 saturated heterocycles. The predicted octanol–water partition coefficient (Wildman–Crippen LogP) is 1.70. The zero-order valence-corrected chi connectivity index (χ0v) is 10.4. The molecule has 0 spiro atoms. The lowest BCUT2D eigenvalue weighted by atomic mass is 9.86. The van der Waals surface area contributed by atoms with Crippen LogP contribution in [0.1, 0.15) is 18.4 Å². The van der Waals surface area contributed by atoms with Crippen molar-refractivity contribution < 1.29 is 13.9 Å². The van der Waals surface area contributed by atoms with Crippen LogP contribution in [0, 0.1) is 11.7 Å². The van der Waals surface area contributed by atoms with Crippen LogP contribution in [0.3, 0.4) is 0 Å². The summed E-state index contributed by atoms with van der Waals surface area (Å²) in [7, 11) is 0. The van der Waals surface area contributed by atoms with Gasteiger partial charge in [-0.2, -0.15) is 0 Å². The third kappa shape index (κ3) is 2.10. The largest absolute Gasteiger partial charge is 0.381 e. The second-order valence-corrected chi connectivity index (χ2v) is 4.79. The van der Waals surface area contributed by atoms with E-state index in [9.17, 15) is 9.18 Å². The summed E-state index contributed by atoms with van der Waals surface area (Å²) in [4.78, 5) is 11.6. The first-order valence-electron chi connectivity index (χ1n) is 6.30. The standard InChI is InChI=1S/C14H14FN2O2/c15-9-1-2-11-10(7-9)12(13(17-11)14(16)18)8-3-5-19-6-4-8/h1-2,7-8H,3-6H2,(H2,16,18). The molecule has 1 aromatic carbocycles. The van der Waals surface area contributed by atoms with Gasteiger partial charge in [0.25, 0.3) is 5.91 Å². The number of amides is 1. The van der Waals surface area contributed by atoms with Crippen LogP contribution in [0.4, 0.5) is 10.1 Å². The van der Waals surface area contributed by atoms with E-state index in [0.717, 1.165) is 18.4 Å². The van der Waals surface area contributed by atoms with Gasteiger partial charge in [0, 0.05) is 18.8 Å². The SMILES string of the molecule is NC(=O)C1=C(C2CCOCC2)c2cc(F)ccc2[N]1. The van der Waals surface area contributed by atoms with E-state index >= 15 is 0 Å². The van der Waals surface area contributed by atoms with Crippen molar-refractivity contribution in [2.45, 2.75) is 12.8 Å². The average Bonchev–Trinajstić information content (AvgIpc) is 2.78. The Bertz CT molecular complexity index is 563. The van der Waals surface area contributed by atoms with Crippen molar-refractivity contribution in [3.63, 3.8) is 0 Å². The zero-order chi connectivity index (χ0) is 13.4. The van der Waals surface area contributed by atoms with Gasteiger partial charge in [-0.25, -0.2) is 9.71 Å². The van der Waals surface area contributed by atoms with Crippen LogP contribution >= 0.6 is 0 Å². The van der Waals surface area contributed by atoms with Gasteiger partial charge in [-0.1, -0.05) is 0 Å². The van der Waals surface area contributed by atoms with Gasteiger partial charge < -0.3 is 10.5 Å². The third-order valence-corrected chi connectivity index (χ3v) is 3.60. The Kier molecular flexibility index (Phi) is 2.98. The summed E-state index contributed by atoms with van der Waals surface area (Å²) in [5.41, 5.74) is 7.77. The topological polar surface area (TPSA) is 66.4 Å². The van der Waals surface area contributed by atoms with E-state index in [4.69, 9.17) is 10.5 Å². The Labute approximate surface area is 110 Å². The molecule has 99 valence electrons. The molecule has 0 aromatic heterocycles. The van der Waals surface area contributed by atoms with Gasteiger partial charge in [0.05, 0.1) is 5.69 Å². The number of primary amides is 1. The number of hydrogen-bond acceptors (Lipinski definition) is 2. The van der Waals surface area contributed by atoms with Crippen LogP contribution in [0.25, 0.3) is 5.57 Å².